The summed E-state index contributed by atoms with van der Waals surface area (Å²) in [6.45, 7) is 0. The highest BCUT2D eigenvalue weighted by Gasteiger charge is 2.35. The van der Waals surface area contributed by atoms with Crippen molar-refractivity contribution in [3.05, 3.63) is 58.9 Å². The van der Waals surface area contributed by atoms with Crippen molar-refractivity contribution in [1.29, 1.82) is 0 Å². The SMILES string of the molecule is O=C(CC1SC(=Nc2ccccc2C(F)(F)F)NC1=O)Nc1ccc(F)c(Cl)c1. The van der Waals surface area contributed by atoms with Gasteiger partial charge in [0.15, 0.2) is 5.17 Å². The maximum atomic E-state index is 13.2. The average molecular weight is 446 g/mol. The molecule has 152 valence electrons. The molecular formula is C18H12ClF4N3O2S. The number of alkyl halides is 3. The van der Waals surface area contributed by atoms with Crippen LogP contribution in [0, 0.1) is 5.82 Å². The third kappa shape index (κ3) is 5.27. The Morgan fingerprint density at radius 3 is 2.66 bits per heavy atom. The van der Waals surface area contributed by atoms with Gasteiger partial charge >= 0.3 is 6.18 Å². The molecule has 2 amide bonds. The van der Waals surface area contributed by atoms with Crippen molar-refractivity contribution >= 4 is 51.7 Å². The van der Waals surface area contributed by atoms with E-state index in [-0.39, 0.29) is 28.0 Å². The van der Waals surface area contributed by atoms with Gasteiger partial charge in [0.25, 0.3) is 0 Å². The van der Waals surface area contributed by atoms with Crippen LogP contribution in [-0.4, -0.2) is 22.2 Å². The molecule has 1 fully saturated rings. The molecule has 0 aliphatic carbocycles. The van der Waals surface area contributed by atoms with E-state index in [0.717, 1.165) is 23.9 Å². The quantitative estimate of drug-likeness (QED) is 0.667. The smallest absolute Gasteiger partial charge is 0.326 e. The number of para-hydroxylation sites is 1. The van der Waals surface area contributed by atoms with E-state index in [1.165, 1.54) is 30.3 Å². The second-order valence-corrected chi connectivity index (χ2v) is 7.51. The summed E-state index contributed by atoms with van der Waals surface area (Å²) < 4.78 is 52.3. The molecule has 3 rings (SSSR count). The van der Waals surface area contributed by atoms with Gasteiger partial charge in [-0.2, -0.15) is 13.2 Å². The lowest BCUT2D eigenvalue weighted by Crippen LogP contribution is -2.28. The Morgan fingerprint density at radius 1 is 1.24 bits per heavy atom. The van der Waals surface area contributed by atoms with Crippen LogP contribution in [0.15, 0.2) is 47.5 Å². The molecule has 2 N–H and O–H groups in total. The fraction of sp³-hybridized carbons (Fsp3) is 0.167. The van der Waals surface area contributed by atoms with E-state index in [9.17, 15) is 27.2 Å². The maximum absolute atomic E-state index is 13.2. The third-order valence-electron chi connectivity index (χ3n) is 3.78. The first-order chi connectivity index (χ1) is 13.6. The molecule has 2 aromatic rings. The minimum atomic E-state index is -4.59. The van der Waals surface area contributed by atoms with E-state index in [2.05, 4.69) is 15.6 Å². The minimum Gasteiger partial charge on any atom is -0.326 e. The number of hydrogen-bond donors (Lipinski definition) is 2. The van der Waals surface area contributed by atoms with E-state index in [0.29, 0.717) is 0 Å². The number of nitrogens with one attached hydrogen (secondary N) is 2. The lowest BCUT2D eigenvalue weighted by Gasteiger charge is -2.09. The van der Waals surface area contributed by atoms with Gasteiger partial charge in [-0.1, -0.05) is 35.5 Å². The zero-order valence-electron chi connectivity index (χ0n) is 14.4. The van der Waals surface area contributed by atoms with E-state index >= 15 is 0 Å². The van der Waals surface area contributed by atoms with Crippen molar-refractivity contribution in [2.45, 2.75) is 17.8 Å². The summed E-state index contributed by atoms with van der Waals surface area (Å²) in [7, 11) is 0. The molecule has 0 bridgehead atoms. The Balaban J connectivity index is 1.68. The molecule has 1 saturated heterocycles. The van der Waals surface area contributed by atoms with Crippen LogP contribution in [-0.2, 0) is 15.8 Å². The topological polar surface area (TPSA) is 70.6 Å². The van der Waals surface area contributed by atoms with Crippen LogP contribution in [0.5, 0.6) is 0 Å². The van der Waals surface area contributed by atoms with Crippen LogP contribution in [0.2, 0.25) is 5.02 Å². The lowest BCUT2D eigenvalue weighted by molar-refractivity contribution is -0.137. The molecule has 29 heavy (non-hydrogen) atoms. The van der Waals surface area contributed by atoms with E-state index in [1.54, 1.807) is 0 Å². The molecule has 11 heteroatoms. The van der Waals surface area contributed by atoms with Gasteiger partial charge in [-0.25, -0.2) is 9.38 Å². The Morgan fingerprint density at radius 2 is 1.97 bits per heavy atom. The van der Waals surface area contributed by atoms with Crippen LogP contribution in [0.1, 0.15) is 12.0 Å². The van der Waals surface area contributed by atoms with Crippen LogP contribution < -0.4 is 10.6 Å². The van der Waals surface area contributed by atoms with Gasteiger partial charge in [-0.15, -0.1) is 0 Å². The fourth-order valence-corrected chi connectivity index (χ4v) is 3.63. The van der Waals surface area contributed by atoms with Gasteiger partial charge in [0, 0.05) is 12.1 Å². The zero-order chi connectivity index (χ0) is 21.2. The van der Waals surface area contributed by atoms with Crippen LogP contribution in [0.3, 0.4) is 0 Å². The van der Waals surface area contributed by atoms with Gasteiger partial charge in [0.2, 0.25) is 11.8 Å². The highest BCUT2D eigenvalue weighted by molar-refractivity contribution is 8.15. The summed E-state index contributed by atoms with van der Waals surface area (Å²) in [6, 6.07) is 8.31. The number of nitrogens with zero attached hydrogens (tertiary/aromatic N) is 1. The van der Waals surface area contributed by atoms with Crippen LogP contribution >= 0.6 is 23.4 Å². The second kappa shape index (κ2) is 8.42. The molecule has 0 spiro atoms. The van der Waals surface area contributed by atoms with Gasteiger partial charge in [-0.05, 0) is 30.3 Å². The number of halogens is 5. The van der Waals surface area contributed by atoms with Crippen molar-refractivity contribution in [2.75, 3.05) is 5.32 Å². The second-order valence-electron chi connectivity index (χ2n) is 5.91. The maximum Gasteiger partial charge on any atom is 0.418 e. The molecule has 0 radical (unpaired) electrons. The monoisotopic (exact) mass is 445 g/mol. The average Bonchev–Trinajstić information content (AvgIpc) is 2.96. The largest absolute Gasteiger partial charge is 0.418 e. The number of amides is 2. The van der Waals surface area contributed by atoms with E-state index in [1.807, 2.05) is 0 Å². The van der Waals surface area contributed by atoms with Crippen molar-refractivity contribution in [2.24, 2.45) is 4.99 Å². The summed E-state index contributed by atoms with van der Waals surface area (Å²) in [5, 5.41) is 3.77. The van der Waals surface area contributed by atoms with Gasteiger partial charge in [0.05, 0.1) is 16.3 Å². The molecule has 2 aromatic carbocycles. The fourth-order valence-electron chi connectivity index (χ4n) is 2.47. The Bertz CT molecular complexity index is 997. The molecule has 5 nitrogen and oxygen atoms in total. The molecule has 0 saturated carbocycles. The normalized spacial score (nSPS) is 18.0. The first-order valence-corrected chi connectivity index (χ1v) is 9.36. The van der Waals surface area contributed by atoms with Crippen molar-refractivity contribution in [3.8, 4) is 0 Å². The number of carbonyl (C=O) groups excluding carboxylic acids is 2. The number of anilines is 1. The zero-order valence-corrected chi connectivity index (χ0v) is 16.0. The number of thioether (sulfide) groups is 1. The number of hydrogen-bond acceptors (Lipinski definition) is 4. The van der Waals surface area contributed by atoms with Crippen molar-refractivity contribution in [1.82, 2.24) is 5.32 Å². The Hall–Kier alpha value is -2.59. The highest BCUT2D eigenvalue weighted by Crippen LogP contribution is 2.37. The molecular weight excluding hydrogens is 434 g/mol. The summed E-state index contributed by atoms with van der Waals surface area (Å²) >= 11 is 6.49. The lowest BCUT2D eigenvalue weighted by atomic mass is 10.2. The number of aliphatic imine (C=N–C) groups is 1. The number of benzene rings is 2. The number of amidine groups is 1. The summed E-state index contributed by atoms with van der Waals surface area (Å²) in [5.41, 5.74) is -1.02. The van der Waals surface area contributed by atoms with Gasteiger partial charge < -0.3 is 10.6 Å². The molecule has 1 aliphatic heterocycles. The Kier molecular flexibility index (Phi) is 6.13. The summed E-state index contributed by atoms with van der Waals surface area (Å²) in [4.78, 5) is 28.1. The van der Waals surface area contributed by atoms with Crippen LogP contribution in [0.4, 0.5) is 28.9 Å². The van der Waals surface area contributed by atoms with Crippen LogP contribution in [0.25, 0.3) is 0 Å². The molecule has 0 aromatic heterocycles. The number of rotatable bonds is 4. The van der Waals surface area contributed by atoms with Crippen molar-refractivity contribution in [3.63, 3.8) is 0 Å². The number of carbonyl (C=O) groups is 2. The Labute approximate surface area is 171 Å². The first-order valence-electron chi connectivity index (χ1n) is 8.11. The van der Waals surface area contributed by atoms with Gasteiger partial charge in [-0.3, -0.25) is 9.59 Å². The minimum absolute atomic E-state index is 0.0330. The molecule has 1 heterocycles. The summed E-state index contributed by atoms with van der Waals surface area (Å²) in [6.07, 6.45) is -4.85. The highest BCUT2D eigenvalue weighted by atomic mass is 35.5. The first kappa shape index (κ1) is 21.1. The van der Waals surface area contributed by atoms with Gasteiger partial charge in [0.1, 0.15) is 11.1 Å². The van der Waals surface area contributed by atoms with Crippen molar-refractivity contribution < 1.29 is 27.2 Å². The predicted molar refractivity (Wildman–Crippen MR) is 103 cm³/mol. The standard InChI is InChI=1S/C18H12ClF4N3O2S/c19-11-7-9(5-6-12(11)20)24-15(27)8-14-16(28)26-17(29-14)25-13-4-2-1-3-10(13)18(21,22)23/h1-7,14H,8H2,(H,24,27)(H,25,26,28). The third-order valence-corrected chi connectivity index (χ3v) is 5.15. The summed E-state index contributed by atoms with van der Waals surface area (Å²) in [5.74, 6) is -1.74. The predicted octanol–water partition coefficient (Wildman–Crippen LogP) is 4.75. The van der Waals surface area contributed by atoms with E-state index < -0.39 is 34.6 Å². The molecule has 1 atom stereocenters. The molecule has 1 unspecified atom stereocenters. The molecule has 1 aliphatic rings. The van der Waals surface area contributed by atoms with E-state index in [4.69, 9.17) is 11.6 Å².